The summed E-state index contributed by atoms with van der Waals surface area (Å²) in [4.78, 5) is 32.0. The van der Waals surface area contributed by atoms with Gasteiger partial charge >= 0.3 is 6.03 Å². The maximum absolute atomic E-state index is 11.8. The van der Waals surface area contributed by atoms with Crippen molar-refractivity contribution < 1.29 is 9.53 Å². The monoisotopic (exact) mass is 558 g/mol. The van der Waals surface area contributed by atoms with E-state index in [1.54, 1.807) is 7.05 Å². The highest BCUT2D eigenvalue weighted by atomic mass is 16.5. The average molecular weight is 559 g/mol. The Balaban J connectivity index is 1.04. The number of benzene rings is 2. The number of nitrogens with zero attached hydrogens (tertiary/aromatic N) is 6. The van der Waals surface area contributed by atoms with Gasteiger partial charge in [-0.15, -0.1) is 0 Å². The van der Waals surface area contributed by atoms with Crippen LogP contribution in [0.15, 0.2) is 48.8 Å². The van der Waals surface area contributed by atoms with E-state index in [9.17, 15) is 4.79 Å². The number of hydrogen-bond donors (Lipinski definition) is 4. The highest BCUT2D eigenvalue weighted by Crippen LogP contribution is 2.28. The molecule has 3 fully saturated rings. The predicted molar refractivity (Wildman–Crippen MR) is 160 cm³/mol. The van der Waals surface area contributed by atoms with E-state index >= 15 is 0 Å². The lowest BCUT2D eigenvalue weighted by Gasteiger charge is -2.43. The van der Waals surface area contributed by atoms with Gasteiger partial charge in [0.25, 0.3) is 0 Å². The highest BCUT2D eigenvalue weighted by Gasteiger charge is 2.29. The van der Waals surface area contributed by atoms with Crippen LogP contribution in [0.3, 0.4) is 0 Å². The van der Waals surface area contributed by atoms with Gasteiger partial charge in [-0.1, -0.05) is 0 Å². The fraction of sp³-hybridized carbons (Fsp3) is 0.448. The Kier molecular flexibility index (Phi) is 8.01. The Morgan fingerprint density at radius 1 is 0.976 bits per heavy atom. The van der Waals surface area contributed by atoms with E-state index in [4.69, 9.17) is 10.5 Å². The van der Waals surface area contributed by atoms with Crippen molar-refractivity contribution in [2.24, 2.45) is 0 Å². The number of aromatic nitrogens is 3. The average Bonchev–Trinajstić information content (AvgIpc) is 2.98. The van der Waals surface area contributed by atoms with Crippen LogP contribution in [0, 0.1) is 0 Å². The van der Waals surface area contributed by atoms with Gasteiger partial charge in [0.1, 0.15) is 6.33 Å². The van der Waals surface area contributed by atoms with Crippen molar-refractivity contribution in [1.82, 2.24) is 30.1 Å². The van der Waals surface area contributed by atoms with Crippen LogP contribution in [-0.2, 0) is 4.74 Å². The van der Waals surface area contributed by atoms with Crippen molar-refractivity contribution in [1.29, 1.82) is 0 Å². The van der Waals surface area contributed by atoms with Crippen molar-refractivity contribution in [2.75, 3.05) is 80.8 Å². The van der Waals surface area contributed by atoms with Gasteiger partial charge in [-0.3, -0.25) is 4.90 Å². The van der Waals surface area contributed by atoms with Gasteiger partial charge < -0.3 is 36.2 Å². The lowest BCUT2D eigenvalue weighted by Crippen LogP contribution is -2.56. The van der Waals surface area contributed by atoms with Crippen molar-refractivity contribution in [3.63, 3.8) is 0 Å². The van der Waals surface area contributed by atoms with Crippen molar-refractivity contribution in [3.05, 3.63) is 48.8 Å². The zero-order valence-corrected chi connectivity index (χ0v) is 23.4. The maximum Gasteiger partial charge on any atom is 0.317 e. The Bertz CT molecular complexity index is 1330. The van der Waals surface area contributed by atoms with Gasteiger partial charge in [-0.05, 0) is 55.3 Å². The summed E-state index contributed by atoms with van der Waals surface area (Å²) >= 11 is 0. The fourth-order valence-corrected chi connectivity index (χ4v) is 5.60. The zero-order chi connectivity index (χ0) is 28.2. The van der Waals surface area contributed by atoms with Crippen LogP contribution in [0.4, 0.5) is 33.5 Å². The molecule has 6 rings (SSSR count). The van der Waals surface area contributed by atoms with Crippen LogP contribution in [0.25, 0.3) is 11.4 Å². The maximum atomic E-state index is 11.8. The second kappa shape index (κ2) is 12.1. The molecule has 4 heterocycles. The number of likely N-dealkylation sites (tertiary alicyclic amines) is 1. The minimum absolute atomic E-state index is 0.0278. The molecule has 3 saturated heterocycles. The summed E-state index contributed by atoms with van der Waals surface area (Å²) in [6, 6.07) is 15.0. The Hall–Kier alpha value is -4.16. The van der Waals surface area contributed by atoms with E-state index in [1.165, 1.54) is 12.0 Å². The number of nitrogens with one attached hydrogen (secondary N) is 3. The lowest BCUT2D eigenvalue weighted by molar-refractivity contribution is -0.0660. The molecular formula is C29H38N10O2. The molecule has 0 atom stereocenters. The molecule has 216 valence electrons. The number of hydrogen-bond acceptors (Lipinski definition) is 10. The summed E-state index contributed by atoms with van der Waals surface area (Å²) in [6.07, 6.45) is 3.24. The number of piperidine rings is 1. The van der Waals surface area contributed by atoms with E-state index in [0.717, 1.165) is 69.2 Å². The molecule has 3 aliphatic rings. The number of rotatable bonds is 7. The topological polar surface area (TPSA) is 137 Å². The van der Waals surface area contributed by atoms with E-state index in [-0.39, 0.29) is 12.1 Å². The largest absolute Gasteiger partial charge is 0.397 e. The second-order valence-electron chi connectivity index (χ2n) is 10.8. The fourth-order valence-electron chi connectivity index (χ4n) is 5.60. The third-order valence-corrected chi connectivity index (χ3v) is 8.18. The van der Waals surface area contributed by atoms with Crippen molar-refractivity contribution >= 4 is 34.7 Å². The molecule has 0 aliphatic carbocycles. The smallest absolute Gasteiger partial charge is 0.317 e. The Labute approximate surface area is 240 Å². The first-order valence-corrected chi connectivity index (χ1v) is 14.3. The molecule has 0 saturated carbocycles. The second-order valence-corrected chi connectivity index (χ2v) is 10.8. The van der Waals surface area contributed by atoms with Crippen LogP contribution in [0.1, 0.15) is 12.8 Å². The minimum atomic E-state index is -0.0278. The molecule has 0 bridgehead atoms. The van der Waals surface area contributed by atoms with Gasteiger partial charge in [-0.25, -0.2) is 14.8 Å². The summed E-state index contributed by atoms with van der Waals surface area (Å²) in [5, 5.41) is 9.52. The summed E-state index contributed by atoms with van der Waals surface area (Å²) in [5.74, 6) is 1.02. The third-order valence-electron chi connectivity index (χ3n) is 8.18. The number of ether oxygens (including phenoxy) is 1. The molecule has 3 aliphatic heterocycles. The predicted octanol–water partition coefficient (Wildman–Crippen LogP) is 2.60. The SMILES string of the molecule is CNC(=O)N1CCC(Nc2ccc(-c3ncnc(Nc4ccc(N5CCN(C6COC6)CC5)cc4)n3)cc2N)CC1. The van der Waals surface area contributed by atoms with Gasteiger partial charge in [0.05, 0.1) is 30.6 Å². The van der Waals surface area contributed by atoms with Crippen LogP contribution >= 0.6 is 0 Å². The molecule has 2 amide bonds. The molecule has 5 N–H and O–H groups in total. The van der Waals surface area contributed by atoms with Crippen molar-refractivity contribution in [3.8, 4) is 11.4 Å². The minimum Gasteiger partial charge on any atom is -0.397 e. The number of carbonyl (C=O) groups is 1. The molecule has 3 aromatic rings. The van der Waals surface area contributed by atoms with E-state index in [2.05, 4.69) is 65.0 Å². The number of urea groups is 1. The van der Waals surface area contributed by atoms with E-state index in [1.807, 2.05) is 23.1 Å². The first-order valence-electron chi connectivity index (χ1n) is 14.3. The van der Waals surface area contributed by atoms with Gasteiger partial charge in [-0.2, -0.15) is 4.98 Å². The molecular weight excluding hydrogens is 520 g/mol. The Morgan fingerprint density at radius 3 is 2.39 bits per heavy atom. The number of amides is 2. The molecule has 0 spiro atoms. The van der Waals surface area contributed by atoms with Crippen LogP contribution in [0.2, 0.25) is 0 Å². The molecule has 12 heteroatoms. The first kappa shape index (κ1) is 27.0. The molecule has 0 unspecified atom stereocenters. The lowest BCUT2D eigenvalue weighted by atomic mass is 10.0. The van der Waals surface area contributed by atoms with Gasteiger partial charge in [0, 0.05) is 69.3 Å². The van der Waals surface area contributed by atoms with Gasteiger partial charge in [0.2, 0.25) is 5.95 Å². The number of anilines is 5. The molecule has 1 aromatic heterocycles. The number of nitrogen functional groups attached to an aromatic ring is 1. The number of nitrogens with two attached hydrogens (primary N) is 1. The van der Waals surface area contributed by atoms with Crippen LogP contribution in [-0.4, -0.2) is 102 Å². The first-order chi connectivity index (χ1) is 20.1. The summed E-state index contributed by atoms with van der Waals surface area (Å²) in [7, 11) is 1.66. The Morgan fingerprint density at radius 2 is 1.73 bits per heavy atom. The normalized spacial score (nSPS) is 18.6. The standard InChI is InChI=1S/C29H38N10O2/c1-31-29(40)39-10-8-22(9-11-39)34-26-7-2-20(16-25(26)30)27-32-19-33-28(36-27)35-21-3-5-23(6-4-21)37-12-14-38(15-13-37)24-17-41-18-24/h2-7,16,19,22,24,34H,8-15,17-18,30H2,1H3,(H,31,40)(H,32,33,35,36). The summed E-state index contributed by atoms with van der Waals surface area (Å²) in [6.45, 7) is 7.36. The zero-order valence-electron chi connectivity index (χ0n) is 23.4. The van der Waals surface area contributed by atoms with Crippen LogP contribution in [0.5, 0.6) is 0 Å². The molecule has 12 nitrogen and oxygen atoms in total. The van der Waals surface area contributed by atoms with Crippen LogP contribution < -0.4 is 26.6 Å². The highest BCUT2D eigenvalue weighted by molar-refractivity contribution is 5.75. The quantitative estimate of drug-likeness (QED) is 0.320. The van der Waals surface area contributed by atoms with Gasteiger partial charge in [0.15, 0.2) is 5.82 Å². The van der Waals surface area contributed by atoms with E-state index in [0.29, 0.717) is 36.6 Å². The molecule has 2 aromatic carbocycles. The van der Waals surface area contributed by atoms with Crippen molar-refractivity contribution in [2.45, 2.75) is 24.9 Å². The number of carbonyl (C=O) groups excluding carboxylic acids is 1. The number of piperazine rings is 1. The summed E-state index contributed by atoms with van der Waals surface area (Å²) < 4.78 is 5.35. The third kappa shape index (κ3) is 6.28. The van der Waals surface area contributed by atoms with E-state index < -0.39 is 0 Å². The molecule has 0 radical (unpaired) electrons. The summed E-state index contributed by atoms with van der Waals surface area (Å²) in [5.41, 5.74) is 10.9. The molecule has 41 heavy (non-hydrogen) atoms.